The van der Waals surface area contributed by atoms with E-state index in [0.29, 0.717) is 16.8 Å². The van der Waals surface area contributed by atoms with E-state index in [1.54, 1.807) is 13.8 Å². The third-order valence-corrected chi connectivity index (χ3v) is 5.05. The number of ketones is 2. The number of Topliss-reactive ketones (excluding diaryl/α,β-unsaturated/α-hetero) is 2. The molecule has 0 amide bonds. The molecule has 7 nitrogen and oxygen atoms in total. The Labute approximate surface area is 151 Å². The maximum Gasteiger partial charge on any atom is 0.338 e. The average Bonchev–Trinajstić information content (AvgIpc) is 2.86. The van der Waals surface area contributed by atoms with Crippen molar-refractivity contribution in [2.75, 3.05) is 12.9 Å². The molecule has 0 aliphatic rings. The van der Waals surface area contributed by atoms with E-state index in [2.05, 4.69) is 4.98 Å². The third kappa shape index (κ3) is 4.08. The first-order valence-corrected chi connectivity index (χ1v) is 9.62. The summed E-state index contributed by atoms with van der Waals surface area (Å²) in [6.07, 6.45) is 1.06. The van der Waals surface area contributed by atoms with Gasteiger partial charge in [-0.25, -0.2) is 13.2 Å². The molecule has 138 valence electrons. The maximum atomic E-state index is 12.3. The number of benzene rings is 1. The van der Waals surface area contributed by atoms with Gasteiger partial charge in [-0.2, -0.15) is 0 Å². The molecular weight excluding hydrogens is 358 g/mol. The number of H-pyrrole nitrogens is 1. The van der Waals surface area contributed by atoms with Crippen LogP contribution in [0.5, 0.6) is 0 Å². The SMILES string of the molecule is CC(=O)c1c(C)[nH]c(C(=O)COC(=O)c2ccc(S(C)(=O)=O)cc2)c1C. The molecule has 1 N–H and O–H groups in total. The molecule has 0 spiro atoms. The van der Waals surface area contributed by atoms with Crippen LogP contribution in [-0.2, 0) is 14.6 Å². The van der Waals surface area contributed by atoms with E-state index < -0.39 is 28.2 Å². The van der Waals surface area contributed by atoms with Crippen LogP contribution in [0, 0.1) is 13.8 Å². The molecule has 0 radical (unpaired) electrons. The lowest BCUT2D eigenvalue weighted by molar-refractivity contribution is 0.0473. The summed E-state index contributed by atoms with van der Waals surface area (Å²) < 4.78 is 27.8. The quantitative estimate of drug-likeness (QED) is 0.611. The lowest BCUT2D eigenvalue weighted by atomic mass is 10.1. The van der Waals surface area contributed by atoms with E-state index in [1.807, 2.05) is 0 Å². The number of carbonyl (C=O) groups is 3. The number of nitrogens with one attached hydrogen (secondary N) is 1. The van der Waals surface area contributed by atoms with Gasteiger partial charge in [0.2, 0.25) is 5.78 Å². The normalized spacial score (nSPS) is 11.2. The highest BCUT2D eigenvalue weighted by molar-refractivity contribution is 7.90. The van der Waals surface area contributed by atoms with Gasteiger partial charge in [-0.15, -0.1) is 0 Å². The first-order chi connectivity index (χ1) is 12.0. The molecule has 0 aliphatic heterocycles. The second-order valence-electron chi connectivity index (χ2n) is 5.98. The first-order valence-electron chi connectivity index (χ1n) is 7.73. The van der Waals surface area contributed by atoms with Crippen LogP contribution in [0.2, 0.25) is 0 Å². The number of aromatic nitrogens is 1. The summed E-state index contributed by atoms with van der Waals surface area (Å²) in [7, 11) is -3.36. The monoisotopic (exact) mass is 377 g/mol. The summed E-state index contributed by atoms with van der Waals surface area (Å²) in [5, 5.41) is 0. The highest BCUT2D eigenvalue weighted by Gasteiger charge is 2.21. The predicted octanol–water partition coefficient (Wildman–Crippen LogP) is 2.28. The molecule has 2 rings (SSSR count). The molecule has 0 unspecified atom stereocenters. The third-order valence-electron chi connectivity index (χ3n) is 3.92. The fraction of sp³-hybridized carbons (Fsp3) is 0.278. The van der Waals surface area contributed by atoms with E-state index in [9.17, 15) is 22.8 Å². The second-order valence-corrected chi connectivity index (χ2v) is 7.99. The second kappa shape index (κ2) is 7.25. The molecule has 2 aromatic rings. The Morgan fingerprint density at radius 1 is 1.08 bits per heavy atom. The number of hydrogen-bond acceptors (Lipinski definition) is 6. The highest BCUT2D eigenvalue weighted by Crippen LogP contribution is 2.19. The van der Waals surface area contributed by atoms with Crippen LogP contribution < -0.4 is 0 Å². The van der Waals surface area contributed by atoms with Crippen molar-refractivity contribution in [3.05, 3.63) is 52.3 Å². The van der Waals surface area contributed by atoms with Gasteiger partial charge in [-0.05, 0) is 50.6 Å². The van der Waals surface area contributed by atoms with Gasteiger partial charge in [0, 0.05) is 17.5 Å². The van der Waals surface area contributed by atoms with Crippen LogP contribution in [0.25, 0.3) is 0 Å². The molecule has 0 aliphatic carbocycles. The summed E-state index contributed by atoms with van der Waals surface area (Å²) in [5.74, 6) is -1.36. The Kier molecular flexibility index (Phi) is 5.46. The van der Waals surface area contributed by atoms with Gasteiger partial charge in [0.25, 0.3) is 0 Å². The summed E-state index contributed by atoms with van der Waals surface area (Å²) in [6, 6.07) is 5.24. The number of ether oxygens (including phenoxy) is 1. The molecule has 0 atom stereocenters. The molecule has 0 saturated carbocycles. The molecule has 26 heavy (non-hydrogen) atoms. The predicted molar refractivity (Wildman–Crippen MR) is 94.4 cm³/mol. The minimum Gasteiger partial charge on any atom is -0.454 e. The number of aryl methyl sites for hydroxylation is 1. The van der Waals surface area contributed by atoms with Gasteiger partial charge in [-0.3, -0.25) is 9.59 Å². The maximum absolute atomic E-state index is 12.3. The van der Waals surface area contributed by atoms with Crippen molar-refractivity contribution in [1.82, 2.24) is 4.98 Å². The summed E-state index contributed by atoms with van der Waals surface area (Å²) >= 11 is 0. The van der Waals surface area contributed by atoms with Crippen LogP contribution in [-0.4, -0.2) is 43.8 Å². The van der Waals surface area contributed by atoms with E-state index in [1.165, 1.54) is 31.2 Å². The van der Waals surface area contributed by atoms with Gasteiger partial charge in [0.05, 0.1) is 16.2 Å². The molecule has 0 saturated heterocycles. The Morgan fingerprint density at radius 3 is 2.12 bits per heavy atom. The van der Waals surface area contributed by atoms with Crippen molar-refractivity contribution < 1.29 is 27.5 Å². The zero-order chi connectivity index (χ0) is 19.6. The first kappa shape index (κ1) is 19.6. The van der Waals surface area contributed by atoms with Crippen LogP contribution in [0.4, 0.5) is 0 Å². The number of carbonyl (C=O) groups excluding carboxylic acids is 3. The molecule has 1 aromatic carbocycles. The Hall–Kier alpha value is -2.74. The molecule has 1 aromatic heterocycles. The van der Waals surface area contributed by atoms with Crippen LogP contribution in [0.1, 0.15) is 49.4 Å². The Balaban J connectivity index is 2.09. The topological polar surface area (TPSA) is 110 Å². The van der Waals surface area contributed by atoms with Gasteiger partial charge in [-0.1, -0.05) is 0 Å². The van der Waals surface area contributed by atoms with Crippen molar-refractivity contribution in [1.29, 1.82) is 0 Å². The van der Waals surface area contributed by atoms with E-state index in [4.69, 9.17) is 4.74 Å². The summed E-state index contributed by atoms with van der Waals surface area (Å²) in [6.45, 7) is 4.26. The van der Waals surface area contributed by atoms with E-state index >= 15 is 0 Å². The lowest BCUT2D eigenvalue weighted by Gasteiger charge is -2.05. The zero-order valence-electron chi connectivity index (χ0n) is 14.9. The zero-order valence-corrected chi connectivity index (χ0v) is 15.7. The smallest absolute Gasteiger partial charge is 0.338 e. The molecule has 1 heterocycles. The Morgan fingerprint density at radius 2 is 1.65 bits per heavy atom. The van der Waals surface area contributed by atoms with Crippen molar-refractivity contribution in [3.63, 3.8) is 0 Å². The van der Waals surface area contributed by atoms with Gasteiger partial charge < -0.3 is 9.72 Å². The lowest BCUT2D eigenvalue weighted by Crippen LogP contribution is -2.15. The van der Waals surface area contributed by atoms with Crippen LogP contribution in [0.15, 0.2) is 29.2 Å². The highest BCUT2D eigenvalue weighted by atomic mass is 32.2. The van der Waals surface area contributed by atoms with Crippen molar-refractivity contribution in [2.24, 2.45) is 0 Å². The number of esters is 1. The number of sulfone groups is 1. The van der Waals surface area contributed by atoms with Gasteiger partial charge in [0.15, 0.2) is 22.2 Å². The summed E-state index contributed by atoms with van der Waals surface area (Å²) in [4.78, 5) is 38.8. The number of aromatic amines is 1. The molecule has 0 fully saturated rings. The van der Waals surface area contributed by atoms with Gasteiger partial charge >= 0.3 is 5.97 Å². The van der Waals surface area contributed by atoms with E-state index in [-0.39, 0.29) is 21.9 Å². The fourth-order valence-corrected chi connectivity index (χ4v) is 3.31. The number of hydrogen-bond donors (Lipinski definition) is 1. The van der Waals surface area contributed by atoms with Crippen molar-refractivity contribution >= 4 is 27.4 Å². The van der Waals surface area contributed by atoms with E-state index in [0.717, 1.165) is 6.26 Å². The van der Waals surface area contributed by atoms with Crippen molar-refractivity contribution in [3.8, 4) is 0 Å². The minimum atomic E-state index is -3.36. The minimum absolute atomic E-state index is 0.0828. The number of rotatable bonds is 6. The molecule has 8 heteroatoms. The van der Waals surface area contributed by atoms with Crippen LogP contribution in [0.3, 0.4) is 0 Å². The largest absolute Gasteiger partial charge is 0.454 e. The Bertz CT molecular complexity index is 983. The van der Waals surface area contributed by atoms with Crippen molar-refractivity contribution in [2.45, 2.75) is 25.7 Å². The van der Waals surface area contributed by atoms with Gasteiger partial charge in [0.1, 0.15) is 0 Å². The van der Waals surface area contributed by atoms with Crippen LogP contribution >= 0.6 is 0 Å². The molecule has 0 bridgehead atoms. The summed E-state index contributed by atoms with van der Waals surface area (Å²) in [5.41, 5.74) is 1.92. The fourth-order valence-electron chi connectivity index (χ4n) is 2.68. The average molecular weight is 377 g/mol. The standard InChI is InChI=1S/C18H19NO6S/c1-10-16(12(3)20)11(2)19-17(10)15(21)9-25-18(22)13-5-7-14(8-6-13)26(4,23)24/h5-8,19H,9H2,1-4H3. The molecular formula is C18H19NO6S.